The Hall–Kier alpha value is -1.63. The number of ether oxygens (including phenoxy) is 2. The fourth-order valence-electron chi connectivity index (χ4n) is 2.43. The molecule has 2 aliphatic heterocycles. The van der Waals surface area contributed by atoms with Gasteiger partial charge in [0.1, 0.15) is 24.4 Å². The van der Waals surface area contributed by atoms with Gasteiger partial charge in [0, 0.05) is 12.8 Å². The fourth-order valence-corrected chi connectivity index (χ4v) is 2.43. The zero-order valence-electron chi connectivity index (χ0n) is 13.3. The second-order valence-corrected chi connectivity index (χ2v) is 5.72. The average Bonchev–Trinajstić information content (AvgIpc) is 2.90. The maximum Gasteiger partial charge on any atom is 0.333 e. The van der Waals surface area contributed by atoms with Gasteiger partial charge in [-0.3, -0.25) is 9.59 Å². The van der Waals surface area contributed by atoms with E-state index in [0.717, 1.165) is 0 Å². The molecule has 5 atom stereocenters. The van der Waals surface area contributed by atoms with Gasteiger partial charge in [0.2, 0.25) is 0 Å². The molecule has 4 N–H and O–H groups in total. The SMILES string of the molecule is O=C(CCCO[C@H]1O[C@H](CO)[C@@H](O)[C@H](O)[C@@H]1O)ON1C(=O)CCC1=O. The third-order valence-electron chi connectivity index (χ3n) is 3.85. The summed E-state index contributed by atoms with van der Waals surface area (Å²) in [4.78, 5) is 38.9. The van der Waals surface area contributed by atoms with Crippen LogP contribution in [-0.2, 0) is 28.7 Å². The predicted octanol–water partition coefficient (Wildman–Crippen LogP) is -2.81. The molecule has 142 valence electrons. The molecule has 2 rings (SSSR count). The Morgan fingerprint density at radius 3 is 2.36 bits per heavy atom. The number of rotatable bonds is 7. The van der Waals surface area contributed by atoms with Crippen molar-refractivity contribution < 1.29 is 49.1 Å². The zero-order chi connectivity index (χ0) is 18.6. The highest BCUT2D eigenvalue weighted by Gasteiger charge is 2.44. The van der Waals surface area contributed by atoms with E-state index in [9.17, 15) is 29.7 Å². The van der Waals surface area contributed by atoms with Crippen LogP contribution < -0.4 is 0 Å². The zero-order valence-corrected chi connectivity index (χ0v) is 13.3. The highest BCUT2D eigenvalue weighted by atomic mass is 16.7. The minimum atomic E-state index is -1.55. The van der Waals surface area contributed by atoms with Gasteiger partial charge in [-0.15, -0.1) is 5.06 Å². The Bertz CT molecular complexity index is 494. The number of amides is 2. The molecule has 25 heavy (non-hydrogen) atoms. The standard InChI is InChI=1S/C14H21NO10/c16-6-7-11(20)12(21)13(22)14(24-7)23-5-1-2-10(19)25-15-8(17)3-4-9(15)18/h7,11-14,16,20-22H,1-6H2/t7-,11-,12+,13+,14+/m1/s1. The molecular formula is C14H21NO10. The van der Waals surface area contributed by atoms with E-state index in [4.69, 9.17) is 14.6 Å². The highest BCUT2D eigenvalue weighted by molar-refractivity contribution is 6.01. The number of hydroxylamine groups is 2. The van der Waals surface area contributed by atoms with Crippen LogP contribution in [0.5, 0.6) is 0 Å². The molecular weight excluding hydrogens is 342 g/mol. The maximum absolute atomic E-state index is 11.6. The lowest BCUT2D eigenvalue weighted by molar-refractivity contribution is -0.301. The van der Waals surface area contributed by atoms with Crippen LogP contribution in [-0.4, -0.2) is 87.2 Å². The normalized spacial score (nSPS) is 33.0. The molecule has 0 spiro atoms. The van der Waals surface area contributed by atoms with Gasteiger partial charge in [-0.2, -0.15) is 0 Å². The molecule has 2 amide bonds. The van der Waals surface area contributed by atoms with E-state index in [-0.39, 0.29) is 32.3 Å². The number of imide groups is 1. The molecule has 0 unspecified atom stereocenters. The van der Waals surface area contributed by atoms with Crippen molar-refractivity contribution in [3.8, 4) is 0 Å². The summed E-state index contributed by atoms with van der Waals surface area (Å²) in [7, 11) is 0. The van der Waals surface area contributed by atoms with Gasteiger partial charge in [-0.25, -0.2) is 4.79 Å². The van der Waals surface area contributed by atoms with E-state index in [1.54, 1.807) is 0 Å². The maximum atomic E-state index is 11.6. The van der Waals surface area contributed by atoms with Gasteiger partial charge < -0.3 is 34.7 Å². The molecule has 0 aromatic rings. The van der Waals surface area contributed by atoms with Crippen LogP contribution in [0, 0.1) is 0 Å². The number of carbonyl (C=O) groups is 3. The van der Waals surface area contributed by atoms with Crippen molar-refractivity contribution in [3.05, 3.63) is 0 Å². The largest absolute Gasteiger partial charge is 0.394 e. The first-order chi connectivity index (χ1) is 11.8. The van der Waals surface area contributed by atoms with Gasteiger partial charge in [0.15, 0.2) is 6.29 Å². The quantitative estimate of drug-likeness (QED) is 0.274. The molecule has 2 fully saturated rings. The lowest BCUT2D eigenvalue weighted by Crippen LogP contribution is -2.59. The molecule has 0 aromatic heterocycles. The second-order valence-electron chi connectivity index (χ2n) is 5.72. The molecule has 0 saturated carbocycles. The number of nitrogens with zero attached hydrogens (tertiary/aromatic N) is 1. The molecule has 0 aromatic carbocycles. The Labute approximate surface area is 142 Å². The molecule has 0 aliphatic carbocycles. The third kappa shape index (κ3) is 4.71. The van der Waals surface area contributed by atoms with Crippen LogP contribution in [0.25, 0.3) is 0 Å². The van der Waals surface area contributed by atoms with E-state index in [2.05, 4.69) is 4.84 Å². The van der Waals surface area contributed by atoms with Gasteiger partial charge in [0.25, 0.3) is 11.8 Å². The van der Waals surface area contributed by atoms with Crippen molar-refractivity contribution in [1.29, 1.82) is 0 Å². The molecule has 0 radical (unpaired) electrons. The van der Waals surface area contributed by atoms with Gasteiger partial charge in [0.05, 0.1) is 19.6 Å². The molecule has 2 heterocycles. The fraction of sp³-hybridized carbons (Fsp3) is 0.786. The molecule has 2 saturated heterocycles. The summed E-state index contributed by atoms with van der Waals surface area (Å²) in [5.41, 5.74) is 0. The molecule has 11 heteroatoms. The molecule has 0 bridgehead atoms. The molecule has 2 aliphatic rings. The van der Waals surface area contributed by atoms with Gasteiger partial charge in [-0.05, 0) is 6.42 Å². The number of hydrogen-bond donors (Lipinski definition) is 4. The lowest BCUT2D eigenvalue weighted by Gasteiger charge is -2.39. The first-order valence-corrected chi connectivity index (χ1v) is 7.84. The first kappa shape index (κ1) is 19.7. The number of hydrogen-bond acceptors (Lipinski definition) is 10. The van der Waals surface area contributed by atoms with Crippen molar-refractivity contribution in [1.82, 2.24) is 5.06 Å². The predicted molar refractivity (Wildman–Crippen MR) is 76.1 cm³/mol. The van der Waals surface area contributed by atoms with Crippen molar-refractivity contribution >= 4 is 17.8 Å². The van der Waals surface area contributed by atoms with Crippen LogP contribution >= 0.6 is 0 Å². The first-order valence-electron chi connectivity index (χ1n) is 7.84. The number of carbonyl (C=O) groups excluding carboxylic acids is 3. The Morgan fingerprint density at radius 1 is 1.12 bits per heavy atom. The topological polar surface area (TPSA) is 163 Å². The Morgan fingerprint density at radius 2 is 1.76 bits per heavy atom. The number of aliphatic hydroxyl groups is 4. The second kappa shape index (κ2) is 8.65. The van der Waals surface area contributed by atoms with E-state index in [1.807, 2.05) is 0 Å². The smallest absolute Gasteiger partial charge is 0.333 e. The summed E-state index contributed by atoms with van der Waals surface area (Å²) in [5, 5.41) is 38.5. The van der Waals surface area contributed by atoms with Crippen molar-refractivity contribution in [2.75, 3.05) is 13.2 Å². The van der Waals surface area contributed by atoms with Crippen molar-refractivity contribution in [3.63, 3.8) is 0 Å². The highest BCUT2D eigenvalue weighted by Crippen LogP contribution is 2.22. The minimum absolute atomic E-state index is 0.00628. The van der Waals surface area contributed by atoms with E-state index < -0.39 is 55.1 Å². The average molecular weight is 363 g/mol. The van der Waals surface area contributed by atoms with Crippen LogP contribution in [0.1, 0.15) is 25.7 Å². The van der Waals surface area contributed by atoms with E-state index in [0.29, 0.717) is 5.06 Å². The van der Waals surface area contributed by atoms with E-state index in [1.165, 1.54) is 0 Å². The summed E-state index contributed by atoms with van der Waals surface area (Å²) in [5.74, 6) is -1.94. The summed E-state index contributed by atoms with van der Waals surface area (Å²) in [6, 6.07) is 0. The Balaban J connectivity index is 1.70. The van der Waals surface area contributed by atoms with Crippen molar-refractivity contribution in [2.45, 2.75) is 56.4 Å². The van der Waals surface area contributed by atoms with Gasteiger partial charge in [-0.1, -0.05) is 0 Å². The van der Waals surface area contributed by atoms with E-state index >= 15 is 0 Å². The minimum Gasteiger partial charge on any atom is -0.394 e. The monoisotopic (exact) mass is 363 g/mol. The third-order valence-corrected chi connectivity index (χ3v) is 3.85. The number of aliphatic hydroxyl groups excluding tert-OH is 4. The summed E-state index contributed by atoms with van der Waals surface area (Å²) in [6.07, 6.45) is -6.94. The summed E-state index contributed by atoms with van der Waals surface area (Å²) < 4.78 is 10.3. The van der Waals surface area contributed by atoms with Crippen LogP contribution in [0.2, 0.25) is 0 Å². The van der Waals surface area contributed by atoms with Crippen molar-refractivity contribution in [2.24, 2.45) is 0 Å². The summed E-state index contributed by atoms with van der Waals surface area (Å²) in [6.45, 7) is -0.644. The van der Waals surface area contributed by atoms with Gasteiger partial charge >= 0.3 is 5.97 Å². The molecule has 11 nitrogen and oxygen atoms in total. The lowest BCUT2D eigenvalue weighted by atomic mass is 9.99. The van der Waals surface area contributed by atoms with Crippen LogP contribution in [0.4, 0.5) is 0 Å². The van der Waals surface area contributed by atoms with Crippen LogP contribution in [0.3, 0.4) is 0 Å². The van der Waals surface area contributed by atoms with Crippen LogP contribution in [0.15, 0.2) is 0 Å². The summed E-state index contributed by atoms with van der Waals surface area (Å²) >= 11 is 0. The Kier molecular flexibility index (Phi) is 6.81.